The van der Waals surface area contributed by atoms with Crippen LogP contribution in [0.3, 0.4) is 0 Å². The molecule has 1 aromatic rings. The SMILES string of the molecule is CCOC(=O)C1CN(c2ccc(C(=O)O)c(O)c2)C=C1C(F)(F)F. The van der Waals surface area contributed by atoms with Gasteiger partial charge in [-0.25, -0.2) is 4.79 Å². The van der Waals surface area contributed by atoms with Crippen LogP contribution in [0.4, 0.5) is 18.9 Å². The molecule has 0 amide bonds. The third kappa shape index (κ3) is 3.44. The third-order valence-electron chi connectivity index (χ3n) is 3.49. The summed E-state index contributed by atoms with van der Waals surface area (Å²) in [4.78, 5) is 23.7. The van der Waals surface area contributed by atoms with E-state index in [9.17, 15) is 27.9 Å². The van der Waals surface area contributed by atoms with Crippen LogP contribution in [0.2, 0.25) is 0 Å². The fourth-order valence-corrected chi connectivity index (χ4v) is 2.38. The number of nitrogens with zero attached hydrogens (tertiary/aromatic N) is 1. The fraction of sp³-hybridized carbons (Fsp3) is 0.333. The first-order valence-electron chi connectivity index (χ1n) is 6.93. The second-order valence-electron chi connectivity index (χ2n) is 5.05. The number of carbonyl (C=O) groups excluding carboxylic acids is 1. The molecule has 0 aliphatic carbocycles. The summed E-state index contributed by atoms with van der Waals surface area (Å²) in [5.74, 6) is -4.45. The number of esters is 1. The molecule has 0 saturated heterocycles. The van der Waals surface area contributed by atoms with Crippen LogP contribution in [0.1, 0.15) is 17.3 Å². The first kappa shape index (κ1) is 17.6. The second-order valence-corrected chi connectivity index (χ2v) is 5.05. The van der Waals surface area contributed by atoms with Crippen molar-refractivity contribution in [1.82, 2.24) is 0 Å². The molecule has 0 fully saturated rings. The van der Waals surface area contributed by atoms with Crippen molar-refractivity contribution in [3.8, 4) is 5.75 Å². The van der Waals surface area contributed by atoms with Gasteiger partial charge in [0, 0.05) is 24.5 Å². The van der Waals surface area contributed by atoms with Gasteiger partial charge in [-0.15, -0.1) is 0 Å². The largest absolute Gasteiger partial charge is 0.507 e. The Morgan fingerprint density at radius 2 is 2.04 bits per heavy atom. The predicted molar refractivity (Wildman–Crippen MR) is 76.7 cm³/mol. The zero-order valence-corrected chi connectivity index (χ0v) is 12.5. The maximum Gasteiger partial charge on any atom is 0.414 e. The lowest BCUT2D eigenvalue weighted by Gasteiger charge is -2.18. The van der Waals surface area contributed by atoms with Crippen LogP contribution in [-0.4, -0.2) is 41.5 Å². The molecule has 1 aliphatic heterocycles. The van der Waals surface area contributed by atoms with E-state index in [4.69, 9.17) is 5.11 Å². The number of phenols is 1. The number of hydrogen-bond donors (Lipinski definition) is 2. The minimum absolute atomic E-state index is 0.0471. The van der Waals surface area contributed by atoms with E-state index < -0.39 is 35.4 Å². The fourth-order valence-electron chi connectivity index (χ4n) is 2.38. The zero-order valence-electron chi connectivity index (χ0n) is 12.5. The summed E-state index contributed by atoms with van der Waals surface area (Å²) >= 11 is 0. The van der Waals surface area contributed by atoms with Gasteiger partial charge in [0.25, 0.3) is 0 Å². The molecule has 0 spiro atoms. The summed E-state index contributed by atoms with van der Waals surface area (Å²) in [5, 5.41) is 18.5. The van der Waals surface area contributed by atoms with Crippen molar-refractivity contribution in [2.45, 2.75) is 13.1 Å². The van der Waals surface area contributed by atoms with Crippen molar-refractivity contribution in [2.75, 3.05) is 18.1 Å². The van der Waals surface area contributed by atoms with Crippen molar-refractivity contribution in [3.05, 3.63) is 35.5 Å². The van der Waals surface area contributed by atoms with E-state index >= 15 is 0 Å². The number of rotatable bonds is 4. The molecule has 1 aromatic carbocycles. The highest BCUT2D eigenvalue weighted by Crippen LogP contribution is 2.39. The molecule has 2 rings (SSSR count). The van der Waals surface area contributed by atoms with Crippen LogP contribution < -0.4 is 4.90 Å². The average Bonchev–Trinajstić information content (AvgIpc) is 2.92. The Hall–Kier alpha value is -2.71. The van der Waals surface area contributed by atoms with Crippen molar-refractivity contribution >= 4 is 17.6 Å². The number of hydrogen-bond acceptors (Lipinski definition) is 5. The highest BCUT2D eigenvalue weighted by molar-refractivity contribution is 5.91. The summed E-state index contributed by atoms with van der Waals surface area (Å²) in [6.45, 7) is 1.12. The summed E-state index contributed by atoms with van der Waals surface area (Å²) in [6, 6.07) is 3.36. The lowest BCUT2D eigenvalue weighted by atomic mass is 10.0. The molecular weight excluding hydrogens is 331 g/mol. The third-order valence-corrected chi connectivity index (χ3v) is 3.49. The number of anilines is 1. The number of ether oxygens (including phenoxy) is 1. The summed E-state index contributed by atoms with van der Waals surface area (Å²) in [6.07, 6.45) is -3.95. The van der Waals surface area contributed by atoms with Gasteiger partial charge >= 0.3 is 18.1 Å². The van der Waals surface area contributed by atoms with E-state index in [2.05, 4.69) is 4.74 Å². The number of aromatic hydroxyl groups is 1. The lowest BCUT2D eigenvalue weighted by molar-refractivity contribution is -0.150. The predicted octanol–water partition coefficient (Wildman–Crippen LogP) is 2.54. The van der Waals surface area contributed by atoms with Crippen molar-refractivity contribution in [3.63, 3.8) is 0 Å². The monoisotopic (exact) mass is 345 g/mol. The first-order chi connectivity index (χ1) is 11.1. The first-order valence-corrected chi connectivity index (χ1v) is 6.93. The van der Waals surface area contributed by atoms with Gasteiger partial charge in [0.05, 0.1) is 12.2 Å². The van der Waals surface area contributed by atoms with E-state index in [0.717, 1.165) is 23.2 Å². The topological polar surface area (TPSA) is 87.1 Å². The van der Waals surface area contributed by atoms with Crippen LogP contribution >= 0.6 is 0 Å². The van der Waals surface area contributed by atoms with Gasteiger partial charge in [-0.05, 0) is 19.1 Å². The maximum atomic E-state index is 13.1. The van der Waals surface area contributed by atoms with E-state index in [1.807, 2.05) is 0 Å². The number of alkyl halides is 3. The molecule has 0 saturated carbocycles. The Bertz CT molecular complexity index is 699. The van der Waals surface area contributed by atoms with E-state index in [-0.39, 0.29) is 24.4 Å². The lowest BCUT2D eigenvalue weighted by Crippen LogP contribution is -2.29. The van der Waals surface area contributed by atoms with E-state index in [1.54, 1.807) is 0 Å². The Labute approximate surface area is 134 Å². The molecule has 1 atom stereocenters. The number of benzene rings is 1. The Balaban J connectivity index is 2.35. The number of carboxylic acid groups (broad SMARTS) is 1. The average molecular weight is 345 g/mol. The van der Waals surface area contributed by atoms with Crippen LogP contribution in [0, 0.1) is 5.92 Å². The number of aromatic carboxylic acids is 1. The second kappa shape index (κ2) is 6.42. The number of halogens is 3. The van der Waals surface area contributed by atoms with Crippen LogP contribution in [0.5, 0.6) is 5.75 Å². The molecule has 1 heterocycles. The number of carbonyl (C=O) groups is 2. The molecular formula is C15H14F3NO5. The zero-order chi connectivity index (χ0) is 18.1. The van der Waals surface area contributed by atoms with Gasteiger partial charge < -0.3 is 19.8 Å². The van der Waals surface area contributed by atoms with Gasteiger partial charge in [-0.1, -0.05) is 0 Å². The molecule has 0 aromatic heterocycles. The smallest absolute Gasteiger partial charge is 0.414 e. The van der Waals surface area contributed by atoms with E-state index in [0.29, 0.717) is 0 Å². The van der Waals surface area contributed by atoms with Gasteiger partial charge in [0.15, 0.2) is 0 Å². The van der Waals surface area contributed by atoms with Crippen molar-refractivity contribution in [2.24, 2.45) is 5.92 Å². The van der Waals surface area contributed by atoms with Crippen molar-refractivity contribution < 1.29 is 37.7 Å². The molecule has 0 bridgehead atoms. The van der Waals surface area contributed by atoms with Gasteiger partial charge in [-0.2, -0.15) is 13.2 Å². The quantitative estimate of drug-likeness (QED) is 0.816. The highest BCUT2D eigenvalue weighted by Gasteiger charge is 2.46. The van der Waals surface area contributed by atoms with E-state index in [1.165, 1.54) is 13.0 Å². The highest BCUT2D eigenvalue weighted by atomic mass is 19.4. The molecule has 130 valence electrons. The molecule has 6 nitrogen and oxygen atoms in total. The standard InChI is InChI=1S/C15H14F3NO5/c1-2-24-14(23)10-6-19(7-11(10)15(16,17)18)8-3-4-9(13(21)22)12(20)5-8/h3-5,7,10,20H,2,6H2,1H3,(H,21,22). The summed E-state index contributed by atoms with van der Waals surface area (Å²) in [7, 11) is 0. The van der Waals surface area contributed by atoms with Crippen molar-refractivity contribution in [1.29, 1.82) is 0 Å². The molecule has 9 heteroatoms. The molecule has 24 heavy (non-hydrogen) atoms. The van der Waals surface area contributed by atoms with Crippen LogP contribution in [0.25, 0.3) is 0 Å². The molecule has 1 unspecified atom stereocenters. The molecule has 0 radical (unpaired) electrons. The summed E-state index contributed by atoms with van der Waals surface area (Å²) < 4.78 is 44.0. The van der Waals surface area contributed by atoms with Gasteiger partial charge in [-0.3, -0.25) is 4.79 Å². The minimum atomic E-state index is -4.71. The Kier molecular flexibility index (Phi) is 4.72. The maximum absolute atomic E-state index is 13.1. The Morgan fingerprint density at radius 3 is 2.54 bits per heavy atom. The summed E-state index contributed by atoms with van der Waals surface area (Å²) in [5.41, 5.74) is -1.30. The van der Waals surface area contributed by atoms with Gasteiger partial charge in [0.2, 0.25) is 0 Å². The Morgan fingerprint density at radius 1 is 1.38 bits per heavy atom. The molecule has 1 aliphatic rings. The molecule has 2 N–H and O–H groups in total. The van der Waals surface area contributed by atoms with Crippen LogP contribution in [-0.2, 0) is 9.53 Å². The van der Waals surface area contributed by atoms with Crippen LogP contribution in [0.15, 0.2) is 30.0 Å². The minimum Gasteiger partial charge on any atom is -0.507 e. The normalized spacial score (nSPS) is 17.6. The number of carboxylic acids is 1. The van der Waals surface area contributed by atoms with Gasteiger partial charge in [0.1, 0.15) is 17.2 Å².